The van der Waals surface area contributed by atoms with Crippen LogP contribution in [0.25, 0.3) is 0 Å². The van der Waals surface area contributed by atoms with Gasteiger partial charge in [-0.25, -0.2) is 9.59 Å². The first kappa shape index (κ1) is 37.2. The minimum absolute atomic E-state index is 0.134. The van der Waals surface area contributed by atoms with E-state index < -0.39 is 18.2 Å². The summed E-state index contributed by atoms with van der Waals surface area (Å²) < 4.78 is 28.6. The number of carbonyl (C=O) groups is 3. The lowest BCUT2D eigenvalue weighted by molar-refractivity contribution is -0.0115. The van der Waals surface area contributed by atoms with Crippen molar-refractivity contribution in [2.45, 2.75) is 72.1 Å². The molecule has 51 heavy (non-hydrogen) atoms. The van der Waals surface area contributed by atoms with Crippen LogP contribution in [-0.4, -0.2) is 96.4 Å². The first-order chi connectivity index (χ1) is 24.4. The zero-order chi connectivity index (χ0) is 36.7. The molecule has 5 rings (SSSR count). The van der Waals surface area contributed by atoms with E-state index >= 15 is 0 Å². The number of aryl methyl sites for hydroxylation is 2. The third-order valence-electron chi connectivity index (χ3n) is 9.01. The van der Waals surface area contributed by atoms with Gasteiger partial charge >= 0.3 is 12.1 Å². The van der Waals surface area contributed by atoms with Crippen LogP contribution in [0.2, 0.25) is 0 Å². The van der Waals surface area contributed by atoms with E-state index in [0.29, 0.717) is 58.8 Å². The van der Waals surface area contributed by atoms with Crippen molar-refractivity contribution in [3.63, 3.8) is 0 Å². The van der Waals surface area contributed by atoms with E-state index in [4.69, 9.17) is 23.5 Å². The molecule has 15 heteroatoms. The maximum absolute atomic E-state index is 14.4. The van der Waals surface area contributed by atoms with Gasteiger partial charge in [-0.2, -0.15) is 0 Å². The number of fused-ring (bicyclic) bond motifs is 2. The molecule has 1 aromatic heterocycles. The molecular formula is C36H48N6O9. The highest BCUT2D eigenvalue weighted by Crippen LogP contribution is 2.34. The highest BCUT2D eigenvalue weighted by Gasteiger charge is 2.31. The number of aromatic nitrogens is 1. The number of urea groups is 2. The van der Waals surface area contributed by atoms with E-state index in [-0.39, 0.29) is 56.0 Å². The number of aliphatic hydroxyl groups excluding tert-OH is 1. The van der Waals surface area contributed by atoms with E-state index in [1.54, 1.807) is 74.0 Å². The van der Waals surface area contributed by atoms with Crippen molar-refractivity contribution in [3.8, 4) is 17.2 Å². The average Bonchev–Trinajstić information content (AvgIpc) is 3.70. The second-order valence-corrected chi connectivity index (χ2v) is 13.2. The van der Waals surface area contributed by atoms with Gasteiger partial charge in [0.25, 0.3) is 5.91 Å². The molecule has 0 bridgehead atoms. The molecule has 0 unspecified atom stereocenters. The molecule has 276 valence electrons. The topological polar surface area (TPSA) is 177 Å². The SMILES string of the molecule is Cc1noc(C)c1NC(=O)Nc1ccc2c(c1)C(=O)N([C@H](C)CO)C[C@H](C)[C@H](CN(C)C(=O)Nc1ccc3c(c1)OCO3)OCCCC[C@H](C)O2. The number of nitrogens with zero attached hydrogens (tertiary/aromatic N) is 3. The Morgan fingerprint density at radius 3 is 2.47 bits per heavy atom. The van der Waals surface area contributed by atoms with Crippen LogP contribution in [0.5, 0.6) is 17.2 Å². The number of hydrogen-bond donors (Lipinski definition) is 4. The number of ether oxygens (including phenoxy) is 4. The Morgan fingerprint density at radius 1 is 1.02 bits per heavy atom. The van der Waals surface area contributed by atoms with Gasteiger partial charge in [-0.1, -0.05) is 12.1 Å². The summed E-state index contributed by atoms with van der Waals surface area (Å²) in [5.41, 5.74) is 2.16. The summed E-state index contributed by atoms with van der Waals surface area (Å²) in [4.78, 5) is 43.7. The lowest BCUT2D eigenvalue weighted by atomic mass is 10.0. The van der Waals surface area contributed by atoms with Gasteiger partial charge in [0.1, 0.15) is 17.1 Å². The van der Waals surface area contributed by atoms with Gasteiger partial charge in [0, 0.05) is 50.1 Å². The Morgan fingerprint density at radius 2 is 1.75 bits per heavy atom. The number of amides is 5. The summed E-state index contributed by atoms with van der Waals surface area (Å²) in [6.07, 6.45) is 1.66. The minimum atomic E-state index is -0.565. The van der Waals surface area contributed by atoms with Gasteiger partial charge in [-0.05, 0) is 77.3 Å². The van der Waals surface area contributed by atoms with Gasteiger partial charge in [0.05, 0.1) is 30.4 Å². The molecule has 0 saturated heterocycles. The summed E-state index contributed by atoms with van der Waals surface area (Å²) in [6.45, 7) is 9.84. The maximum Gasteiger partial charge on any atom is 0.323 e. The van der Waals surface area contributed by atoms with E-state index in [1.165, 1.54) is 0 Å². The van der Waals surface area contributed by atoms with Crippen molar-refractivity contribution < 1.29 is 43.0 Å². The van der Waals surface area contributed by atoms with Gasteiger partial charge in [0.15, 0.2) is 17.3 Å². The van der Waals surface area contributed by atoms with E-state index in [1.807, 2.05) is 13.8 Å². The average molecular weight is 709 g/mol. The number of likely N-dealkylation sites (N-methyl/N-ethyl adjacent to an activating group) is 1. The van der Waals surface area contributed by atoms with Crippen LogP contribution in [0, 0.1) is 19.8 Å². The van der Waals surface area contributed by atoms with Gasteiger partial charge in [0.2, 0.25) is 6.79 Å². The fourth-order valence-electron chi connectivity index (χ4n) is 5.95. The zero-order valence-corrected chi connectivity index (χ0v) is 30.0. The number of rotatable bonds is 7. The van der Waals surface area contributed by atoms with E-state index in [2.05, 4.69) is 21.1 Å². The molecule has 3 heterocycles. The molecule has 4 atom stereocenters. The van der Waals surface area contributed by atoms with Crippen molar-refractivity contribution in [1.82, 2.24) is 15.0 Å². The third kappa shape index (κ3) is 9.41. The number of anilines is 3. The van der Waals surface area contributed by atoms with Crippen LogP contribution in [0.4, 0.5) is 26.7 Å². The number of hydrogen-bond acceptors (Lipinski definition) is 10. The van der Waals surface area contributed by atoms with Crippen LogP contribution in [0.15, 0.2) is 40.9 Å². The molecule has 0 radical (unpaired) electrons. The van der Waals surface area contributed by atoms with Gasteiger partial charge in [-0.15, -0.1) is 0 Å². The minimum Gasteiger partial charge on any atom is -0.490 e. The van der Waals surface area contributed by atoms with Crippen molar-refractivity contribution in [3.05, 3.63) is 53.4 Å². The molecule has 2 aromatic carbocycles. The Hall–Kier alpha value is -5.02. The summed E-state index contributed by atoms with van der Waals surface area (Å²) >= 11 is 0. The number of benzene rings is 2. The van der Waals surface area contributed by atoms with Crippen LogP contribution in [0.3, 0.4) is 0 Å². The molecule has 2 aliphatic rings. The van der Waals surface area contributed by atoms with Crippen LogP contribution >= 0.6 is 0 Å². The molecule has 15 nitrogen and oxygen atoms in total. The molecule has 0 aliphatic carbocycles. The monoisotopic (exact) mass is 708 g/mol. The molecule has 5 amide bonds. The largest absolute Gasteiger partial charge is 0.490 e. The Bertz CT molecular complexity index is 1680. The van der Waals surface area contributed by atoms with Crippen molar-refractivity contribution in [2.75, 3.05) is 56.1 Å². The molecule has 4 N–H and O–H groups in total. The molecule has 0 spiro atoms. The normalized spacial score (nSPS) is 20.0. The van der Waals surface area contributed by atoms with Crippen molar-refractivity contribution in [1.29, 1.82) is 0 Å². The summed E-state index contributed by atoms with van der Waals surface area (Å²) in [5.74, 6) is 1.38. The van der Waals surface area contributed by atoms with E-state index in [0.717, 1.165) is 12.8 Å². The van der Waals surface area contributed by atoms with Crippen molar-refractivity contribution in [2.24, 2.45) is 5.92 Å². The highest BCUT2D eigenvalue weighted by atomic mass is 16.7. The first-order valence-electron chi connectivity index (χ1n) is 17.2. The smallest absolute Gasteiger partial charge is 0.323 e. The molecule has 0 saturated carbocycles. The second kappa shape index (κ2) is 16.8. The predicted molar refractivity (Wildman–Crippen MR) is 190 cm³/mol. The Balaban J connectivity index is 1.35. The van der Waals surface area contributed by atoms with Crippen LogP contribution in [-0.2, 0) is 4.74 Å². The zero-order valence-electron chi connectivity index (χ0n) is 30.0. The highest BCUT2D eigenvalue weighted by molar-refractivity contribution is 6.03. The molecule has 2 aliphatic heterocycles. The number of carbonyl (C=O) groups excluding carboxylic acids is 3. The third-order valence-corrected chi connectivity index (χ3v) is 9.01. The van der Waals surface area contributed by atoms with E-state index in [9.17, 15) is 19.5 Å². The van der Waals surface area contributed by atoms with Crippen LogP contribution < -0.4 is 30.2 Å². The second-order valence-electron chi connectivity index (χ2n) is 13.2. The standard InChI is InChI=1S/C36H48N6O9/c1-21-17-42(22(2)19-43)34(44)28-15-26(37-35(45)39-33-24(4)40-51-25(33)5)10-12-29(28)50-23(3)9-7-8-14-47-32(21)18-41(6)36(46)38-27-11-13-30-31(16-27)49-20-48-30/h10-13,15-16,21-23,32,43H,7-9,14,17-20H2,1-6H3,(H,38,46)(H2,37,39,45)/t21-,22+,23-,32-/m0/s1. The molecular weight excluding hydrogens is 660 g/mol. The fraction of sp³-hybridized carbons (Fsp3) is 0.500. The molecule has 0 fully saturated rings. The summed E-state index contributed by atoms with van der Waals surface area (Å²) in [5, 5.41) is 22.6. The lowest BCUT2D eigenvalue weighted by Gasteiger charge is -2.35. The maximum atomic E-state index is 14.4. The summed E-state index contributed by atoms with van der Waals surface area (Å²) in [7, 11) is 1.69. The quantitative estimate of drug-likeness (QED) is 0.241. The van der Waals surface area contributed by atoms with Gasteiger partial charge in [-0.3, -0.25) is 4.79 Å². The lowest BCUT2D eigenvalue weighted by Crippen LogP contribution is -2.48. The first-order valence-corrected chi connectivity index (χ1v) is 17.2. The molecule has 3 aromatic rings. The van der Waals surface area contributed by atoms with Crippen LogP contribution in [0.1, 0.15) is 61.8 Å². The van der Waals surface area contributed by atoms with Crippen molar-refractivity contribution >= 4 is 35.0 Å². The Kier molecular flexibility index (Phi) is 12.3. The summed E-state index contributed by atoms with van der Waals surface area (Å²) in [6, 6.07) is 8.69. The Labute approximate surface area is 297 Å². The number of nitrogens with one attached hydrogen (secondary N) is 3. The van der Waals surface area contributed by atoms with Gasteiger partial charge < -0.3 is 54.3 Å². The number of aliphatic hydroxyl groups is 1. The predicted octanol–water partition coefficient (Wildman–Crippen LogP) is 5.62. The fourth-order valence-corrected chi connectivity index (χ4v) is 5.95.